The Balaban J connectivity index is 1.60. The van der Waals surface area contributed by atoms with Gasteiger partial charge in [-0.3, -0.25) is 4.99 Å². The molecule has 0 saturated heterocycles. The van der Waals surface area contributed by atoms with E-state index in [1.807, 2.05) is 6.92 Å². The fraction of sp³-hybridized carbons (Fsp3) is 0.115. The van der Waals surface area contributed by atoms with E-state index in [1.54, 1.807) is 85.1 Å². The summed E-state index contributed by atoms with van der Waals surface area (Å²) in [7, 11) is -3.84. The predicted molar refractivity (Wildman–Crippen MR) is 141 cm³/mol. The second-order valence-corrected chi connectivity index (χ2v) is 11.1. The normalized spacial score (nSPS) is 12.0. The molecule has 0 atom stereocenters. The number of sulfonamides is 1. The molecule has 4 rings (SSSR count). The van der Waals surface area contributed by atoms with Gasteiger partial charge in [0.15, 0.2) is 0 Å². The Morgan fingerprint density at radius 2 is 1.57 bits per heavy atom. The molecule has 0 radical (unpaired) electrons. The van der Waals surface area contributed by atoms with Crippen LogP contribution < -0.4 is 0 Å². The van der Waals surface area contributed by atoms with Gasteiger partial charge in [-0.25, -0.2) is 8.42 Å². The third-order valence-electron chi connectivity index (χ3n) is 5.18. The molecule has 1 heterocycles. The molecule has 9 heteroatoms. The van der Waals surface area contributed by atoms with Crippen LogP contribution in [0.2, 0.25) is 15.1 Å². The van der Waals surface area contributed by atoms with Gasteiger partial charge >= 0.3 is 0 Å². The number of aryl methyl sites for hydroxylation is 1. The van der Waals surface area contributed by atoms with Gasteiger partial charge < -0.3 is 4.42 Å². The molecule has 0 amide bonds. The van der Waals surface area contributed by atoms with Crippen molar-refractivity contribution in [3.63, 3.8) is 0 Å². The summed E-state index contributed by atoms with van der Waals surface area (Å²) in [5.74, 6) is 0.968. The van der Waals surface area contributed by atoms with Crippen LogP contribution >= 0.6 is 34.8 Å². The molecule has 0 fully saturated rings. The van der Waals surface area contributed by atoms with Crippen molar-refractivity contribution in [1.82, 2.24) is 4.31 Å². The van der Waals surface area contributed by atoms with Crippen LogP contribution in [0.15, 0.2) is 93.2 Å². The van der Waals surface area contributed by atoms with Crippen molar-refractivity contribution in [2.24, 2.45) is 4.99 Å². The molecular weight excluding hydrogens is 527 g/mol. The minimum atomic E-state index is -3.84. The van der Waals surface area contributed by atoms with Crippen LogP contribution in [0.1, 0.15) is 22.6 Å². The maximum Gasteiger partial charge on any atom is 0.243 e. The third kappa shape index (κ3) is 6.54. The summed E-state index contributed by atoms with van der Waals surface area (Å²) in [4.78, 5) is 4.56. The molecular formula is C26H21Cl3N2O3S. The first-order valence-electron chi connectivity index (χ1n) is 10.6. The molecule has 4 aromatic rings. The Morgan fingerprint density at radius 1 is 0.857 bits per heavy atom. The van der Waals surface area contributed by atoms with Crippen molar-refractivity contribution >= 4 is 56.7 Å². The minimum absolute atomic E-state index is 0.0191. The maximum absolute atomic E-state index is 13.5. The highest BCUT2D eigenvalue weighted by molar-refractivity contribution is 7.89. The van der Waals surface area contributed by atoms with Gasteiger partial charge in [0.25, 0.3) is 0 Å². The molecule has 0 aliphatic carbocycles. The van der Waals surface area contributed by atoms with E-state index in [1.165, 1.54) is 4.31 Å². The predicted octanol–water partition coefficient (Wildman–Crippen LogP) is 7.69. The van der Waals surface area contributed by atoms with Crippen LogP contribution in [0, 0.1) is 6.92 Å². The number of aliphatic imine (C=N–C) groups is 1. The van der Waals surface area contributed by atoms with Gasteiger partial charge in [-0.1, -0.05) is 58.6 Å². The number of rotatable bonds is 8. The fourth-order valence-corrected chi connectivity index (χ4v) is 5.16. The minimum Gasteiger partial charge on any atom is -0.459 e. The monoisotopic (exact) mass is 546 g/mol. The molecule has 0 aliphatic rings. The molecule has 0 bridgehead atoms. The molecule has 0 N–H and O–H groups in total. The SMILES string of the molecule is Cc1ccc(S(=O)(=O)N(Cc2ccc(Cl)c(Cl)c2)Cc2ccc(C=Nc3ccc(Cl)cc3)o2)cc1. The highest BCUT2D eigenvalue weighted by atomic mass is 35.5. The first-order valence-corrected chi connectivity index (χ1v) is 13.2. The van der Waals surface area contributed by atoms with Crippen molar-refractivity contribution in [3.8, 4) is 0 Å². The van der Waals surface area contributed by atoms with Crippen molar-refractivity contribution in [2.45, 2.75) is 24.9 Å². The number of furan rings is 1. The van der Waals surface area contributed by atoms with Gasteiger partial charge in [0.05, 0.1) is 33.4 Å². The molecule has 3 aromatic carbocycles. The molecule has 1 aromatic heterocycles. The first kappa shape index (κ1) is 25.5. The highest BCUT2D eigenvalue weighted by Gasteiger charge is 2.26. The van der Waals surface area contributed by atoms with Crippen molar-refractivity contribution in [2.75, 3.05) is 0 Å². The zero-order valence-corrected chi connectivity index (χ0v) is 21.7. The van der Waals surface area contributed by atoms with E-state index in [-0.39, 0.29) is 18.0 Å². The Hall–Kier alpha value is -2.61. The number of nitrogens with zero attached hydrogens (tertiary/aromatic N) is 2. The summed E-state index contributed by atoms with van der Waals surface area (Å²) >= 11 is 18.1. The topological polar surface area (TPSA) is 62.9 Å². The number of hydrogen-bond donors (Lipinski definition) is 0. The van der Waals surface area contributed by atoms with Gasteiger partial charge in [-0.05, 0) is 73.2 Å². The molecule has 0 spiro atoms. The maximum atomic E-state index is 13.5. The van der Waals surface area contributed by atoms with Gasteiger partial charge in [-0.15, -0.1) is 0 Å². The molecule has 0 unspecified atom stereocenters. The van der Waals surface area contributed by atoms with Crippen LogP contribution in [0.5, 0.6) is 0 Å². The molecule has 5 nitrogen and oxygen atoms in total. The Morgan fingerprint density at radius 3 is 2.26 bits per heavy atom. The van der Waals surface area contributed by atoms with E-state index in [0.29, 0.717) is 32.2 Å². The van der Waals surface area contributed by atoms with Gasteiger partial charge in [0.1, 0.15) is 11.5 Å². The summed E-state index contributed by atoms with van der Waals surface area (Å²) in [6.45, 7) is 2.01. The summed E-state index contributed by atoms with van der Waals surface area (Å²) in [5.41, 5.74) is 2.39. The number of halogens is 3. The zero-order chi connectivity index (χ0) is 25.0. The van der Waals surface area contributed by atoms with E-state index in [4.69, 9.17) is 39.2 Å². The third-order valence-corrected chi connectivity index (χ3v) is 7.98. The average molecular weight is 548 g/mol. The average Bonchev–Trinajstić information content (AvgIpc) is 3.28. The van der Waals surface area contributed by atoms with Crippen LogP contribution in [0.3, 0.4) is 0 Å². The molecule has 0 saturated carbocycles. The van der Waals surface area contributed by atoms with Crippen LogP contribution in [0.25, 0.3) is 0 Å². The first-order chi connectivity index (χ1) is 16.7. The quantitative estimate of drug-likeness (QED) is 0.212. The van der Waals surface area contributed by atoms with Gasteiger partial charge in [-0.2, -0.15) is 4.31 Å². The number of benzene rings is 3. The van der Waals surface area contributed by atoms with Crippen LogP contribution in [-0.4, -0.2) is 18.9 Å². The Kier molecular flexibility index (Phi) is 7.99. The lowest BCUT2D eigenvalue weighted by Gasteiger charge is -2.22. The Labute approximate surface area is 219 Å². The Bertz CT molecular complexity index is 1450. The number of hydrogen-bond acceptors (Lipinski definition) is 4. The van der Waals surface area contributed by atoms with Gasteiger partial charge in [0.2, 0.25) is 10.0 Å². The highest BCUT2D eigenvalue weighted by Crippen LogP contribution is 2.27. The van der Waals surface area contributed by atoms with Crippen molar-refractivity contribution in [1.29, 1.82) is 0 Å². The van der Waals surface area contributed by atoms with E-state index in [0.717, 1.165) is 11.3 Å². The van der Waals surface area contributed by atoms with Crippen LogP contribution in [-0.2, 0) is 23.1 Å². The molecule has 0 aliphatic heterocycles. The lowest BCUT2D eigenvalue weighted by Crippen LogP contribution is -2.30. The van der Waals surface area contributed by atoms with Gasteiger partial charge in [0, 0.05) is 11.6 Å². The second-order valence-electron chi connectivity index (χ2n) is 7.87. The second kappa shape index (κ2) is 11.0. The fourth-order valence-electron chi connectivity index (χ4n) is 3.31. The standard InChI is InChI=1S/C26H21Cl3N2O3S/c1-18-2-11-24(12-3-18)35(32,33)31(16-19-4-13-25(28)26(29)14-19)17-23-10-9-22(34-23)15-30-21-7-5-20(27)6-8-21/h2-15H,16-17H2,1H3. The zero-order valence-electron chi connectivity index (χ0n) is 18.7. The smallest absolute Gasteiger partial charge is 0.243 e. The largest absolute Gasteiger partial charge is 0.459 e. The lowest BCUT2D eigenvalue weighted by molar-refractivity contribution is 0.357. The summed E-state index contributed by atoms with van der Waals surface area (Å²) in [6.07, 6.45) is 1.57. The lowest BCUT2D eigenvalue weighted by atomic mass is 10.2. The van der Waals surface area contributed by atoms with Crippen molar-refractivity contribution in [3.05, 3.63) is 117 Å². The van der Waals surface area contributed by atoms with Crippen LogP contribution in [0.4, 0.5) is 5.69 Å². The summed E-state index contributed by atoms with van der Waals surface area (Å²) in [6, 6.07) is 22.3. The molecule has 180 valence electrons. The summed E-state index contributed by atoms with van der Waals surface area (Å²) in [5, 5.41) is 1.38. The molecule has 35 heavy (non-hydrogen) atoms. The van der Waals surface area contributed by atoms with E-state index in [9.17, 15) is 8.42 Å². The van der Waals surface area contributed by atoms with E-state index < -0.39 is 10.0 Å². The van der Waals surface area contributed by atoms with Crippen molar-refractivity contribution < 1.29 is 12.8 Å². The van der Waals surface area contributed by atoms with E-state index in [2.05, 4.69) is 4.99 Å². The summed E-state index contributed by atoms with van der Waals surface area (Å²) < 4.78 is 34.3. The van der Waals surface area contributed by atoms with E-state index >= 15 is 0 Å².